The maximum Gasteiger partial charge on any atom is 0.261 e. The number of aromatic amines is 1. The molecule has 1 atom stereocenters. The highest BCUT2D eigenvalue weighted by Gasteiger charge is 2.47. The van der Waals surface area contributed by atoms with Gasteiger partial charge in [0.1, 0.15) is 16.9 Å². The van der Waals surface area contributed by atoms with E-state index < -0.39 is 5.60 Å². The molecule has 6 nitrogen and oxygen atoms in total. The van der Waals surface area contributed by atoms with Crippen molar-refractivity contribution in [3.05, 3.63) is 63.1 Å². The van der Waals surface area contributed by atoms with Gasteiger partial charge in [-0.1, -0.05) is 12.1 Å². The van der Waals surface area contributed by atoms with Crippen LogP contribution in [0.1, 0.15) is 44.8 Å². The number of fused-ring (bicyclic) bond motifs is 1. The van der Waals surface area contributed by atoms with Gasteiger partial charge < -0.3 is 14.6 Å². The summed E-state index contributed by atoms with van der Waals surface area (Å²) in [6.07, 6.45) is 0.818. The van der Waals surface area contributed by atoms with Gasteiger partial charge in [0.15, 0.2) is 5.78 Å². The molecule has 1 fully saturated rings. The predicted octanol–water partition coefficient (Wildman–Crippen LogP) is 2.24. The quantitative estimate of drug-likeness (QED) is 0.854. The van der Waals surface area contributed by atoms with Gasteiger partial charge in [0.25, 0.3) is 11.5 Å². The van der Waals surface area contributed by atoms with Gasteiger partial charge in [-0.05, 0) is 37.6 Å². The third kappa shape index (κ3) is 2.62. The maximum absolute atomic E-state index is 12.9. The van der Waals surface area contributed by atoms with Crippen molar-refractivity contribution in [2.24, 2.45) is 0 Å². The molecule has 1 unspecified atom stereocenters. The van der Waals surface area contributed by atoms with Gasteiger partial charge in [-0.2, -0.15) is 0 Å². The normalized spacial score (nSPS) is 21.6. The van der Waals surface area contributed by atoms with Gasteiger partial charge in [-0.15, -0.1) is 0 Å². The summed E-state index contributed by atoms with van der Waals surface area (Å²) in [5.74, 6) is 0.295. The molecule has 1 N–H and O–H groups in total. The van der Waals surface area contributed by atoms with E-state index in [1.807, 2.05) is 12.1 Å². The number of rotatable bonds is 1. The summed E-state index contributed by atoms with van der Waals surface area (Å²) in [7, 11) is 0. The fourth-order valence-electron chi connectivity index (χ4n) is 3.97. The number of carbonyl (C=O) groups excluding carboxylic acids is 2. The number of carbonyl (C=O) groups is 2. The van der Waals surface area contributed by atoms with Crippen LogP contribution in [0.15, 0.2) is 35.1 Å². The molecule has 1 aromatic heterocycles. The highest BCUT2D eigenvalue weighted by molar-refractivity contribution is 6.00. The average Bonchev–Trinajstić information content (AvgIpc) is 2.97. The Morgan fingerprint density at radius 3 is 2.77 bits per heavy atom. The van der Waals surface area contributed by atoms with Gasteiger partial charge in [0, 0.05) is 18.7 Å². The van der Waals surface area contributed by atoms with Crippen molar-refractivity contribution in [1.82, 2.24) is 9.88 Å². The highest BCUT2D eigenvalue weighted by Crippen LogP contribution is 2.38. The Labute approximate surface area is 150 Å². The number of H-pyrrole nitrogens is 1. The lowest BCUT2D eigenvalue weighted by atomic mass is 9.89. The SMILES string of the molecule is Cc1cc(C)c(C(=O)N2CCC3(CC(=O)c4ccccc4O3)C2)c(=O)[nH]1. The van der Waals surface area contributed by atoms with Crippen molar-refractivity contribution >= 4 is 11.7 Å². The Morgan fingerprint density at radius 2 is 2.00 bits per heavy atom. The van der Waals surface area contributed by atoms with E-state index in [9.17, 15) is 14.4 Å². The van der Waals surface area contributed by atoms with Crippen molar-refractivity contribution in [2.75, 3.05) is 13.1 Å². The van der Waals surface area contributed by atoms with Crippen molar-refractivity contribution < 1.29 is 14.3 Å². The number of ether oxygens (including phenoxy) is 1. The Bertz CT molecular complexity index is 978. The van der Waals surface area contributed by atoms with Crippen LogP contribution in [0.4, 0.5) is 0 Å². The first kappa shape index (κ1) is 16.6. The summed E-state index contributed by atoms with van der Waals surface area (Å²) in [5, 5.41) is 0. The molecule has 1 saturated heterocycles. The van der Waals surface area contributed by atoms with E-state index in [2.05, 4.69) is 4.98 Å². The molecule has 2 aromatic rings. The number of aromatic nitrogens is 1. The molecule has 1 spiro atoms. The zero-order chi connectivity index (χ0) is 18.5. The number of Topliss-reactive ketones (excluding diaryl/α,β-unsaturated/α-hetero) is 1. The number of pyridine rings is 1. The minimum atomic E-state index is -0.702. The van der Waals surface area contributed by atoms with Crippen LogP contribution in [0.3, 0.4) is 0 Å². The number of nitrogens with zero attached hydrogens (tertiary/aromatic N) is 1. The van der Waals surface area contributed by atoms with Crippen LogP contribution in [0.5, 0.6) is 5.75 Å². The average molecular weight is 352 g/mol. The first-order chi connectivity index (χ1) is 12.4. The number of hydrogen-bond donors (Lipinski definition) is 1. The summed E-state index contributed by atoms with van der Waals surface area (Å²) in [4.78, 5) is 42.0. The minimum absolute atomic E-state index is 0.0329. The second-order valence-electron chi connectivity index (χ2n) is 7.20. The smallest absolute Gasteiger partial charge is 0.261 e. The number of hydrogen-bond acceptors (Lipinski definition) is 4. The topological polar surface area (TPSA) is 79.5 Å². The Morgan fingerprint density at radius 1 is 1.23 bits per heavy atom. The molecular formula is C20H20N2O4. The molecule has 6 heteroatoms. The lowest BCUT2D eigenvalue weighted by Gasteiger charge is -2.34. The predicted molar refractivity (Wildman–Crippen MR) is 95.8 cm³/mol. The molecule has 0 aliphatic carbocycles. The van der Waals surface area contributed by atoms with E-state index >= 15 is 0 Å². The second kappa shape index (κ2) is 5.83. The molecule has 2 aliphatic rings. The third-order valence-corrected chi connectivity index (χ3v) is 5.18. The van der Waals surface area contributed by atoms with Gasteiger partial charge in [0.2, 0.25) is 0 Å². The second-order valence-corrected chi connectivity index (χ2v) is 7.20. The van der Waals surface area contributed by atoms with Crippen molar-refractivity contribution in [2.45, 2.75) is 32.3 Å². The number of aryl methyl sites for hydroxylation is 2. The molecule has 0 bridgehead atoms. The number of likely N-dealkylation sites (tertiary alicyclic amines) is 1. The molecule has 0 saturated carbocycles. The van der Waals surface area contributed by atoms with Crippen LogP contribution < -0.4 is 10.3 Å². The van der Waals surface area contributed by atoms with Crippen molar-refractivity contribution in [1.29, 1.82) is 0 Å². The largest absolute Gasteiger partial charge is 0.484 e. The van der Waals surface area contributed by atoms with Crippen molar-refractivity contribution in [3.8, 4) is 5.75 Å². The fourth-order valence-corrected chi connectivity index (χ4v) is 3.97. The van der Waals surface area contributed by atoms with Gasteiger partial charge in [-0.3, -0.25) is 14.4 Å². The minimum Gasteiger partial charge on any atom is -0.484 e. The molecule has 4 rings (SSSR count). The van der Waals surface area contributed by atoms with Crippen LogP contribution in [0, 0.1) is 13.8 Å². The lowest BCUT2D eigenvalue weighted by Crippen LogP contribution is -2.45. The summed E-state index contributed by atoms with van der Waals surface area (Å²) in [6, 6.07) is 8.98. The first-order valence-corrected chi connectivity index (χ1v) is 8.70. The summed E-state index contributed by atoms with van der Waals surface area (Å²) >= 11 is 0. The molecule has 0 radical (unpaired) electrons. The molecular weight excluding hydrogens is 332 g/mol. The number of ketones is 1. The summed E-state index contributed by atoms with van der Waals surface area (Å²) in [5.41, 5.74) is 1.05. The Kier molecular flexibility index (Phi) is 3.72. The molecule has 2 aliphatic heterocycles. The van der Waals surface area contributed by atoms with Gasteiger partial charge in [-0.25, -0.2) is 0 Å². The lowest BCUT2D eigenvalue weighted by molar-refractivity contribution is 0.0428. The van der Waals surface area contributed by atoms with Gasteiger partial charge >= 0.3 is 0 Å². The first-order valence-electron chi connectivity index (χ1n) is 8.70. The Balaban J connectivity index is 1.61. The molecule has 1 aromatic carbocycles. The van der Waals surface area contributed by atoms with Crippen molar-refractivity contribution in [3.63, 3.8) is 0 Å². The zero-order valence-electron chi connectivity index (χ0n) is 14.8. The van der Waals surface area contributed by atoms with E-state index in [1.54, 1.807) is 36.9 Å². The Hall–Kier alpha value is -2.89. The maximum atomic E-state index is 12.9. The van der Waals surface area contributed by atoms with Crippen LogP contribution in [0.2, 0.25) is 0 Å². The molecule has 1 amide bonds. The number of nitrogens with one attached hydrogen (secondary N) is 1. The molecule has 134 valence electrons. The monoisotopic (exact) mass is 352 g/mol. The highest BCUT2D eigenvalue weighted by atomic mass is 16.5. The van der Waals surface area contributed by atoms with E-state index in [0.717, 1.165) is 5.69 Å². The third-order valence-electron chi connectivity index (χ3n) is 5.18. The molecule has 26 heavy (non-hydrogen) atoms. The van der Waals surface area contributed by atoms with E-state index in [1.165, 1.54) is 0 Å². The van der Waals surface area contributed by atoms with Gasteiger partial charge in [0.05, 0.1) is 18.5 Å². The van der Waals surface area contributed by atoms with E-state index in [-0.39, 0.29) is 29.2 Å². The van der Waals surface area contributed by atoms with E-state index in [4.69, 9.17) is 4.74 Å². The van der Waals surface area contributed by atoms with E-state index in [0.29, 0.717) is 36.4 Å². The van der Waals surface area contributed by atoms with Crippen LogP contribution >= 0.6 is 0 Å². The number of para-hydroxylation sites is 1. The fraction of sp³-hybridized carbons (Fsp3) is 0.350. The van der Waals surface area contributed by atoms with Crippen LogP contribution in [-0.2, 0) is 0 Å². The zero-order valence-corrected chi connectivity index (χ0v) is 14.8. The molecule has 3 heterocycles. The number of benzene rings is 1. The van der Waals surface area contributed by atoms with Crippen LogP contribution in [-0.4, -0.2) is 40.3 Å². The summed E-state index contributed by atoms with van der Waals surface area (Å²) < 4.78 is 6.15. The number of amides is 1. The standard InChI is InChI=1S/C20H20N2O4/c1-12-9-13(2)21-18(24)17(12)19(25)22-8-7-20(11-22)10-15(23)14-5-3-4-6-16(14)26-20/h3-6,9H,7-8,10-11H2,1-2H3,(H,21,24). The van der Waals surface area contributed by atoms with Crippen LogP contribution in [0.25, 0.3) is 0 Å². The summed E-state index contributed by atoms with van der Waals surface area (Å²) in [6.45, 7) is 4.31.